The van der Waals surface area contributed by atoms with Gasteiger partial charge in [-0.15, -0.1) is 0 Å². The van der Waals surface area contributed by atoms with Gasteiger partial charge in [0.05, 0.1) is 11.8 Å². The summed E-state index contributed by atoms with van der Waals surface area (Å²) in [6, 6.07) is 6.35. The molecule has 0 amide bonds. The number of aromatic amines is 1. The average Bonchev–Trinajstić information content (AvgIpc) is 3.13. The third-order valence-electron chi connectivity index (χ3n) is 4.97. The second kappa shape index (κ2) is 9.85. The smallest absolute Gasteiger partial charge is 0.153 e. The fourth-order valence-electron chi connectivity index (χ4n) is 3.49. The van der Waals surface area contributed by atoms with Crippen molar-refractivity contribution in [1.29, 1.82) is 5.26 Å². The van der Waals surface area contributed by atoms with Gasteiger partial charge in [-0.05, 0) is 33.4 Å². The fraction of sp³-hybridized carbons (Fsp3) is 0.429. The molecule has 1 aliphatic heterocycles. The molecule has 29 heavy (non-hydrogen) atoms. The molecule has 0 bridgehead atoms. The van der Waals surface area contributed by atoms with Crippen LogP contribution >= 0.6 is 0 Å². The number of nitrogens with one attached hydrogen (secondary N) is 3. The van der Waals surface area contributed by atoms with E-state index < -0.39 is 0 Å². The lowest BCUT2D eigenvalue weighted by molar-refractivity contribution is 0.223. The summed E-state index contributed by atoms with van der Waals surface area (Å²) >= 11 is 0. The Hall–Kier alpha value is -3.18. The Morgan fingerprint density at radius 2 is 2.17 bits per heavy atom. The summed E-state index contributed by atoms with van der Waals surface area (Å²) in [5, 5.41) is 22.8. The van der Waals surface area contributed by atoms with Crippen molar-refractivity contribution in [1.82, 2.24) is 20.1 Å². The monoisotopic (exact) mass is 392 g/mol. The first kappa shape index (κ1) is 20.6. The molecule has 3 N–H and O–H groups in total. The Balaban J connectivity index is 1.79. The van der Waals surface area contributed by atoms with Gasteiger partial charge < -0.3 is 15.5 Å². The molecular weight excluding hydrogens is 364 g/mol. The van der Waals surface area contributed by atoms with E-state index in [0.717, 1.165) is 55.2 Å². The molecular formula is C21H28N8. The summed E-state index contributed by atoms with van der Waals surface area (Å²) in [7, 11) is 0. The summed E-state index contributed by atoms with van der Waals surface area (Å²) in [6.07, 6.45) is 6.58. The average molecular weight is 393 g/mol. The summed E-state index contributed by atoms with van der Waals surface area (Å²) in [5.41, 5.74) is 2.67. The second-order valence-corrected chi connectivity index (χ2v) is 7.18. The SMILES string of the molecule is C=Nc1cc(Nc2cc(C)[nH]n2)nc(NC2CCN(CCC#N)CC2)c1/C=C\C. The number of nitrogens with zero attached hydrogens (tertiary/aromatic N) is 5. The number of aromatic nitrogens is 3. The molecule has 2 aromatic rings. The summed E-state index contributed by atoms with van der Waals surface area (Å²) < 4.78 is 0. The number of nitriles is 1. The number of piperidine rings is 1. The van der Waals surface area contributed by atoms with E-state index in [0.29, 0.717) is 24.1 Å². The maximum Gasteiger partial charge on any atom is 0.153 e. The molecule has 152 valence electrons. The largest absolute Gasteiger partial charge is 0.367 e. The highest BCUT2D eigenvalue weighted by Crippen LogP contribution is 2.32. The minimum Gasteiger partial charge on any atom is -0.367 e. The second-order valence-electron chi connectivity index (χ2n) is 7.18. The number of rotatable bonds is 8. The number of aryl methyl sites for hydroxylation is 1. The molecule has 0 unspecified atom stereocenters. The molecule has 0 aliphatic carbocycles. The van der Waals surface area contributed by atoms with Gasteiger partial charge in [-0.25, -0.2) is 4.98 Å². The number of aliphatic imine (C=N–C) groups is 1. The number of hydrogen-bond donors (Lipinski definition) is 3. The predicted octanol–water partition coefficient (Wildman–Crippen LogP) is 4.01. The number of anilines is 3. The van der Waals surface area contributed by atoms with Crippen LogP contribution in [-0.2, 0) is 0 Å². The topological polar surface area (TPSA) is 105 Å². The summed E-state index contributed by atoms with van der Waals surface area (Å²) in [5.74, 6) is 2.17. The summed E-state index contributed by atoms with van der Waals surface area (Å²) in [6.45, 7) is 10.5. The van der Waals surface area contributed by atoms with Crippen LogP contribution in [0.25, 0.3) is 6.08 Å². The third kappa shape index (κ3) is 5.42. The van der Waals surface area contributed by atoms with E-state index in [1.165, 1.54) is 0 Å². The first-order valence-electron chi connectivity index (χ1n) is 9.92. The van der Waals surface area contributed by atoms with Crippen LogP contribution in [0, 0.1) is 18.3 Å². The van der Waals surface area contributed by atoms with Gasteiger partial charge in [0.15, 0.2) is 5.82 Å². The molecule has 1 aliphatic rings. The van der Waals surface area contributed by atoms with Gasteiger partial charge in [0.25, 0.3) is 0 Å². The van der Waals surface area contributed by atoms with Gasteiger partial charge in [0.1, 0.15) is 11.6 Å². The molecule has 0 radical (unpaired) electrons. The number of pyridine rings is 1. The highest BCUT2D eigenvalue weighted by molar-refractivity contribution is 5.78. The van der Waals surface area contributed by atoms with E-state index >= 15 is 0 Å². The lowest BCUT2D eigenvalue weighted by Gasteiger charge is -2.32. The van der Waals surface area contributed by atoms with Gasteiger partial charge in [-0.1, -0.05) is 12.2 Å². The molecule has 0 atom stereocenters. The number of hydrogen-bond acceptors (Lipinski definition) is 7. The molecule has 8 nitrogen and oxygen atoms in total. The van der Waals surface area contributed by atoms with Crippen molar-refractivity contribution >= 4 is 35.9 Å². The predicted molar refractivity (Wildman–Crippen MR) is 118 cm³/mol. The van der Waals surface area contributed by atoms with Crippen LogP contribution in [0.3, 0.4) is 0 Å². The van der Waals surface area contributed by atoms with Crippen molar-refractivity contribution in [3.63, 3.8) is 0 Å². The van der Waals surface area contributed by atoms with Crippen LogP contribution in [-0.4, -0.2) is 52.5 Å². The Morgan fingerprint density at radius 3 is 2.79 bits per heavy atom. The zero-order valence-corrected chi connectivity index (χ0v) is 17.1. The maximum absolute atomic E-state index is 8.78. The van der Waals surface area contributed by atoms with Crippen molar-refractivity contribution < 1.29 is 0 Å². The van der Waals surface area contributed by atoms with Crippen molar-refractivity contribution in [3.8, 4) is 6.07 Å². The molecule has 3 heterocycles. The minimum absolute atomic E-state index is 0.324. The first-order chi connectivity index (χ1) is 14.1. The molecule has 0 saturated carbocycles. The molecule has 8 heteroatoms. The summed E-state index contributed by atoms with van der Waals surface area (Å²) in [4.78, 5) is 11.3. The van der Waals surface area contributed by atoms with Crippen molar-refractivity contribution in [2.24, 2.45) is 4.99 Å². The van der Waals surface area contributed by atoms with Gasteiger partial charge in [0.2, 0.25) is 0 Å². The van der Waals surface area contributed by atoms with E-state index in [1.54, 1.807) is 0 Å². The van der Waals surface area contributed by atoms with Crippen LogP contribution in [0.15, 0.2) is 23.2 Å². The lowest BCUT2D eigenvalue weighted by atomic mass is 10.0. The van der Waals surface area contributed by atoms with Crippen molar-refractivity contribution in [2.75, 3.05) is 30.3 Å². The Bertz CT molecular complexity index is 900. The third-order valence-corrected chi connectivity index (χ3v) is 4.97. The molecule has 0 aromatic carbocycles. The molecule has 3 rings (SSSR count). The van der Waals surface area contributed by atoms with E-state index in [9.17, 15) is 0 Å². The maximum atomic E-state index is 8.78. The van der Waals surface area contributed by atoms with Crippen LogP contribution in [0.4, 0.5) is 23.1 Å². The highest BCUT2D eigenvalue weighted by atomic mass is 15.2. The van der Waals surface area contributed by atoms with E-state index in [2.05, 4.69) is 43.5 Å². The van der Waals surface area contributed by atoms with Crippen LogP contribution in [0.1, 0.15) is 37.4 Å². The van der Waals surface area contributed by atoms with Crippen LogP contribution < -0.4 is 10.6 Å². The van der Waals surface area contributed by atoms with Crippen molar-refractivity contribution in [3.05, 3.63) is 29.5 Å². The van der Waals surface area contributed by atoms with Crippen LogP contribution in [0.2, 0.25) is 0 Å². The lowest BCUT2D eigenvalue weighted by Crippen LogP contribution is -2.39. The molecule has 0 spiro atoms. The Kier molecular flexibility index (Phi) is 6.98. The zero-order valence-electron chi connectivity index (χ0n) is 17.1. The Morgan fingerprint density at radius 1 is 1.38 bits per heavy atom. The van der Waals surface area contributed by atoms with Gasteiger partial charge in [-0.2, -0.15) is 10.4 Å². The zero-order chi connectivity index (χ0) is 20.6. The van der Waals surface area contributed by atoms with Gasteiger partial charge in [-0.3, -0.25) is 10.1 Å². The number of likely N-dealkylation sites (tertiary alicyclic amines) is 1. The molecule has 2 aromatic heterocycles. The Labute approximate surface area is 171 Å². The van der Waals surface area contributed by atoms with Gasteiger partial charge in [0, 0.05) is 55.5 Å². The minimum atomic E-state index is 0.324. The fourth-order valence-corrected chi connectivity index (χ4v) is 3.49. The van der Waals surface area contributed by atoms with E-state index in [4.69, 9.17) is 10.2 Å². The number of allylic oxidation sites excluding steroid dienone is 1. The van der Waals surface area contributed by atoms with E-state index in [1.807, 2.05) is 38.1 Å². The van der Waals surface area contributed by atoms with Gasteiger partial charge >= 0.3 is 0 Å². The first-order valence-corrected chi connectivity index (χ1v) is 9.92. The highest BCUT2D eigenvalue weighted by Gasteiger charge is 2.21. The number of H-pyrrole nitrogens is 1. The van der Waals surface area contributed by atoms with E-state index in [-0.39, 0.29) is 0 Å². The van der Waals surface area contributed by atoms with Crippen LogP contribution in [0.5, 0.6) is 0 Å². The van der Waals surface area contributed by atoms with Crippen molar-refractivity contribution in [2.45, 2.75) is 39.2 Å². The quantitative estimate of drug-likeness (QED) is 0.586. The molecule has 1 fully saturated rings. The standard InChI is InChI=1S/C21H28N8/c1-4-6-17-18(23-3)14-19(25-20-13-15(2)27-28-20)26-21(17)24-16-7-11-29(12-8-16)10-5-9-22/h4,6,13-14,16H,3,5,7-8,10-12H2,1-2H3,(H3,24,25,26,27,28)/b6-4-. The normalized spacial score (nSPS) is 15.3. The molecule has 1 saturated heterocycles.